The van der Waals surface area contributed by atoms with Gasteiger partial charge in [-0.05, 0) is 44.2 Å². The first-order valence-electron chi connectivity index (χ1n) is 10.3. The molecule has 0 saturated carbocycles. The predicted octanol–water partition coefficient (Wildman–Crippen LogP) is 2.15. The number of nitrogens with zero attached hydrogens (tertiary/aromatic N) is 1. The lowest BCUT2D eigenvalue weighted by Crippen LogP contribution is -2.42. The number of benzene rings is 2. The zero-order chi connectivity index (χ0) is 24.6. The minimum Gasteiger partial charge on any atom is -0.492 e. The van der Waals surface area contributed by atoms with Crippen LogP contribution in [0, 0.1) is 6.92 Å². The van der Waals surface area contributed by atoms with Crippen LogP contribution in [-0.2, 0) is 24.8 Å². The van der Waals surface area contributed by atoms with Crippen LogP contribution in [0.15, 0.2) is 52.3 Å². The van der Waals surface area contributed by atoms with Gasteiger partial charge in [0.25, 0.3) is 0 Å². The molecular formula is C21H28ClN3O6S2. The van der Waals surface area contributed by atoms with Gasteiger partial charge in [0.05, 0.1) is 28.0 Å². The summed E-state index contributed by atoms with van der Waals surface area (Å²) in [6.45, 7) is 5.21. The SMILES string of the molecule is CCOc1ccc(S(=O)(=O)N(CC)CC(=O)NCCNS(=O)(=O)c2ccc(C)cc2)cc1Cl. The molecule has 2 rings (SSSR count). The molecule has 0 spiro atoms. The number of hydrogen-bond donors (Lipinski definition) is 2. The highest BCUT2D eigenvalue weighted by atomic mass is 35.5. The average Bonchev–Trinajstić information content (AvgIpc) is 2.76. The highest BCUT2D eigenvalue weighted by molar-refractivity contribution is 7.89. The van der Waals surface area contributed by atoms with E-state index in [9.17, 15) is 21.6 Å². The van der Waals surface area contributed by atoms with Crippen molar-refractivity contribution < 1.29 is 26.4 Å². The normalized spacial score (nSPS) is 12.0. The first-order chi connectivity index (χ1) is 15.5. The van der Waals surface area contributed by atoms with Crippen molar-refractivity contribution in [3.05, 3.63) is 53.1 Å². The fourth-order valence-electron chi connectivity index (χ4n) is 2.83. The number of nitrogens with one attached hydrogen (secondary N) is 2. The number of sulfonamides is 2. The van der Waals surface area contributed by atoms with E-state index >= 15 is 0 Å². The van der Waals surface area contributed by atoms with E-state index in [1.165, 1.54) is 30.3 Å². The number of aryl methyl sites for hydroxylation is 1. The van der Waals surface area contributed by atoms with Crippen molar-refractivity contribution in [2.45, 2.75) is 30.6 Å². The Morgan fingerprint density at radius 1 is 1.00 bits per heavy atom. The van der Waals surface area contributed by atoms with E-state index < -0.39 is 32.5 Å². The largest absolute Gasteiger partial charge is 0.492 e. The molecular weight excluding hydrogens is 490 g/mol. The van der Waals surface area contributed by atoms with Gasteiger partial charge in [0.15, 0.2) is 0 Å². The third-order valence-corrected chi connectivity index (χ3v) is 8.27. The second kappa shape index (κ2) is 11.8. The molecule has 0 aromatic heterocycles. The van der Waals surface area contributed by atoms with E-state index in [0.717, 1.165) is 9.87 Å². The summed E-state index contributed by atoms with van der Waals surface area (Å²) in [4.78, 5) is 12.4. The summed E-state index contributed by atoms with van der Waals surface area (Å²) in [7, 11) is -7.68. The van der Waals surface area contributed by atoms with Gasteiger partial charge in [0.2, 0.25) is 26.0 Å². The van der Waals surface area contributed by atoms with E-state index in [1.54, 1.807) is 26.0 Å². The molecule has 33 heavy (non-hydrogen) atoms. The molecule has 0 aliphatic carbocycles. The summed E-state index contributed by atoms with van der Waals surface area (Å²) in [5.41, 5.74) is 0.934. The molecule has 2 aromatic carbocycles. The monoisotopic (exact) mass is 517 g/mol. The topological polar surface area (TPSA) is 122 Å². The number of ether oxygens (including phenoxy) is 1. The third-order valence-electron chi connectivity index (χ3n) is 4.58. The van der Waals surface area contributed by atoms with Gasteiger partial charge in [0, 0.05) is 19.6 Å². The summed E-state index contributed by atoms with van der Waals surface area (Å²) in [5.74, 6) is -0.195. The fourth-order valence-corrected chi connectivity index (χ4v) is 5.60. The average molecular weight is 518 g/mol. The summed E-state index contributed by atoms with van der Waals surface area (Å²) in [6.07, 6.45) is 0. The number of likely N-dealkylation sites (N-methyl/N-ethyl adjacent to an activating group) is 1. The van der Waals surface area contributed by atoms with Crippen molar-refractivity contribution in [3.8, 4) is 5.75 Å². The van der Waals surface area contributed by atoms with Crippen LogP contribution < -0.4 is 14.8 Å². The lowest BCUT2D eigenvalue weighted by molar-refractivity contribution is -0.121. The van der Waals surface area contributed by atoms with Crippen LogP contribution in [-0.4, -0.2) is 59.8 Å². The molecule has 0 fully saturated rings. The summed E-state index contributed by atoms with van der Waals surface area (Å²) < 4.78 is 59.1. The zero-order valence-corrected chi connectivity index (χ0v) is 21.1. The molecule has 182 valence electrons. The number of rotatable bonds is 12. The lowest BCUT2D eigenvalue weighted by atomic mass is 10.2. The van der Waals surface area contributed by atoms with Crippen molar-refractivity contribution in [1.82, 2.24) is 14.3 Å². The molecule has 0 aliphatic heterocycles. The lowest BCUT2D eigenvalue weighted by Gasteiger charge is -2.20. The van der Waals surface area contributed by atoms with Crippen molar-refractivity contribution in [2.75, 3.05) is 32.8 Å². The first kappa shape index (κ1) is 27.1. The van der Waals surface area contributed by atoms with E-state index in [4.69, 9.17) is 16.3 Å². The molecule has 0 heterocycles. The molecule has 9 nitrogen and oxygen atoms in total. The van der Waals surface area contributed by atoms with Gasteiger partial charge in [-0.1, -0.05) is 36.2 Å². The third kappa shape index (κ3) is 7.41. The van der Waals surface area contributed by atoms with Crippen LogP contribution in [0.2, 0.25) is 5.02 Å². The van der Waals surface area contributed by atoms with Gasteiger partial charge in [0.1, 0.15) is 5.75 Å². The second-order valence-corrected chi connectivity index (χ2v) is 11.1. The molecule has 1 amide bonds. The maximum atomic E-state index is 12.9. The predicted molar refractivity (Wildman–Crippen MR) is 126 cm³/mol. The number of carbonyl (C=O) groups excluding carboxylic acids is 1. The minimum absolute atomic E-state index is 0.00356. The maximum absolute atomic E-state index is 12.9. The molecule has 2 aromatic rings. The number of carbonyl (C=O) groups is 1. The van der Waals surface area contributed by atoms with Gasteiger partial charge >= 0.3 is 0 Å². The zero-order valence-electron chi connectivity index (χ0n) is 18.7. The Kier molecular flexibility index (Phi) is 9.68. The van der Waals surface area contributed by atoms with Crippen LogP contribution in [0.5, 0.6) is 5.75 Å². The molecule has 0 aliphatic rings. The van der Waals surface area contributed by atoms with Gasteiger partial charge in [-0.25, -0.2) is 21.6 Å². The molecule has 0 bridgehead atoms. The first-order valence-corrected chi connectivity index (χ1v) is 13.6. The van der Waals surface area contributed by atoms with E-state index in [2.05, 4.69) is 10.0 Å². The van der Waals surface area contributed by atoms with Crippen LogP contribution in [0.4, 0.5) is 0 Å². The summed E-state index contributed by atoms with van der Waals surface area (Å²) >= 11 is 6.10. The van der Waals surface area contributed by atoms with Crippen LogP contribution >= 0.6 is 11.6 Å². The second-order valence-electron chi connectivity index (χ2n) is 7.02. The van der Waals surface area contributed by atoms with Crippen molar-refractivity contribution >= 4 is 37.6 Å². The van der Waals surface area contributed by atoms with E-state index in [1.807, 2.05) is 6.92 Å². The Labute approximate surface area is 200 Å². The molecule has 12 heteroatoms. The fraction of sp³-hybridized carbons (Fsp3) is 0.381. The van der Waals surface area contributed by atoms with Crippen molar-refractivity contribution in [1.29, 1.82) is 0 Å². The highest BCUT2D eigenvalue weighted by Crippen LogP contribution is 2.28. The van der Waals surface area contributed by atoms with E-state index in [0.29, 0.717) is 12.4 Å². The van der Waals surface area contributed by atoms with Crippen molar-refractivity contribution in [2.24, 2.45) is 0 Å². The molecule has 2 N–H and O–H groups in total. The number of hydrogen-bond acceptors (Lipinski definition) is 6. The Bertz CT molecular complexity index is 1170. The molecule has 0 radical (unpaired) electrons. The smallest absolute Gasteiger partial charge is 0.243 e. The molecule has 0 unspecified atom stereocenters. The van der Waals surface area contributed by atoms with Gasteiger partial charge in [-0.2, -0.15) is 4.31 Å². The van der Waals surface area contributed by atoms with Crippen molar-refractivity contribution in [3.63, 3.8) is 0 Å². The maximum Gasteiger partial charge on any atom is 0.243 e. The highest BCUT2D eigenvalue weighted by Gasteiger charge is 2.26. The number of halogens is 1. The summed E-state index contributed by atoms with van der Waals surface area (Å²) in [6, 6.07) is 10.5. The Morgan fingerprint density at radius 2 is 1.64 bits per heavy atom. The van der Waals surface area contributed by atoms with Gasteiger partial charge < -0.3 is 10.1 Å². The molecule has 0 saturated heterocycles. The Hall–Kier alpha value is -2.18. The molecule has 0 atom stereocenters. The Balaban J connectivity index is 1.93. The standard InChI is InChI=1S/C21H28ClN3O6S2/c1-4-25(33(29,30)18-10-11-20(31-5-2)19(22)14-18)15-21(26)23-12-13-24-32(27,28)17-8-6-16(3)7-9-17/h6-11,14,24H,4-5,12-13,15H2,1-3H3,(H,23,26). The van der Waals surface area contributed by atoms with Gasteiger partial charge in [-0.15, -0.1) is 0 Å². The van der Waals surface area contributed by atoms with Gasteiger partial charge in [-0.3, -0.25) is 4.79 Å². The minimum atomic E-state index is -3.97. The number of amides is 1. The van der Waals surface area contributed by atoms with Crippen LogP contribution in [0.3, 0.4) is 0 Å². The quantitative estimate of drug-likeness (QED) is 0.416. The summed E-state index contributed by atoms with van der Waals surface area (Å²) in [5, 5.41) is 2.68. The van der Waals surface area contributed by atoms with Crippen LogP contribution in [0.25, 0.3) is 0 Å². The van der Waals surface area contributed by atoms with Crippen LogP contribution in [0.1, 0.15) is 19.4 Å². The Morgan fingerprint density at radius 3 is 2.21 bits per heavy atom. The van der Waals surface area contributed by atoms with E-state index in [-0.39, 0.29) is 34.4 Å².